The van der Waals surface area contributed by atoms with Crippen LogP contribution in [0.2, 0.25) is 0 Å². The Bertz CT molecular complexity index is 1230. The number of nitrogens with zero attached hydrogens (tertiary/aromatic N) is 7. The number of aryl methyl sites for hydroxylation is 1. The third-order valence-electron chi connectivity index (χ3n) is 9.12. The monoisotopic (exact) mass is 504 g/mol. The number of nitrogens with two attached hydrogens (primary N) is 1. The average molecular weight is 505 g/mol. The number of aliphatic hydroxyl groups is 1. The molecule has 37 heavy (non-hydrogen) atoms. The Kier molecular flexibility index (Phi) is 5.60. The standard InChI is InChI=1S/C27H36N8O2/c1-17-25(28)27(16-37-17)7-11-33(12-8-27)23-14-29-24-20(32-23)13-30-26(24)35-9-2-3-19-21(35)4-5-22(31-19)34-10-6-18(36)15-34/h4-5,14,17-18,25,36H,2-3,6-13,15-16,28H2,1H3/t17-,18-,25+/m0/s1. The van der Waals surface area contributed by atoms with Crippen molar-refractivity contribution in [2.75, 3.05) is 54.0 Å². The Morgan fingerprint density at radius 1 is 1.05 bits per heavy atom. The molecule has 5 aliphatic heterocycles. The van der Waals surface area contributed by atoms with Crippen molar-refractivity contribution in [1.29, 1.82) is 0 Å². The van der Waals surface area contributed by atoms with Gasteiger partial charge in [0, 0.05) is 44.2 Å². The van der Waals surface area contributed by atoms with E-state index >= 15 is 0 Å². The number of fused-ring (bicyclic) bond motifs is 2. The molecule has 3 N–H and O–H groups in total. The van der Waals surface area contributed by atoms with Crippen molar-refractivity contribution in [2.45, 2.75) is 63.8 Å². The van der Waals surface area contributed by atoms with Gasteiger partial charge in [0.15, 0.2) is 5.84 Å². The zero-order chi connectivity index (χ0) is 25.1. The van der Waals surface area contributed by atoms with Crippen molar-refractivity contribution in [2.24, 2.45) is 16.1 Å². The smallest absolute Gasteiger partial charge is 0.156 e. The van der Waals surface area contributed by atoms with Crippen LogP contribution in [0.4, 0.5) is 17.3 Å². The van der Waals surface area contributed by atoms with Gasteiger partial charge in [-0.3, -0.25) is 4.99 Å². The van der Waals surface area contributed by atoms with E-state index in [1.54, 1.807) is 0 Å². The van der Waals surface area contributed by atoms with E-state index in [0.717, 1.165) is 105 Å². The highest BCUT2D eigenvalue weighted by molar-refractivity contribution is 6.11. The summed E-state index contributed by atoms with van der Waals surface area (Å²) in [5.74, 6) is 2.80. The number of ether oxygens (including phenoxy) is 1. The van der Waals surface area contributed by atoms with Crippen molar-refractivity contribution in [3.8, 4) is 0 Å². The van der Waals surface area contributed by atoms with Crippen molar-refractivity contribution in [3.05, 3.63) is 35.4 Å². The Labute approximate surface area is 217 Å². The number of amidine groups is 1. The molecule has 2 aromatic rings. The SMILES string of the molecule is C[C@@H]1OCC2(CCN(c3cnc4c(n3)CN=C4N3CCCc4nc(N5CC[C@H](O)C5)ccc43)CC2)[C@@H]1N. The van der Waals surface area contributed by atoms with Gasteiger partial charge in [-0.1, -0.05) is 0 Å². The summed E-state index contributed by atoms with van der Waals surface area (Å²) in [4.78, 5) is 26.6. The van der Waals surface area contributed by atoms with E-state index < -0.39 is 0 Å². The Balaban J connectivity index is 1.08. The summed E-state index contributed by atoms with van der Waals surface area (Å²) in [5.41, 5.74) is 10.6. The highest BCUT2D eigenvalue weighted by Gasteiger charge is 2.47. The first-order chi connectivity index (χ1) is 18.0. The summed E-state index contributed by atoms with van der Waals surface area (Å²) < 4.78 is 5.88. The fraction of sp³-hybridized carbons (Fsp3) is 0.630. The van der Waals surface area contributed by atoms with Crippen LogP contribution < -0.4 is 20.4 Å². The summed E-state index contributed by atoms with van der Waals surface area (Å²) in [5, 5.41) is 9.93. The predicted molar refractivity (Wildman–Crippen MR) is 142 cm³/mol. The lowest BCUT2D eigenvalue weighted by Gasteiger charge is -2.41. The molecule has 2 aromatic heterocycles. The van der Waals surface area contributed by atoms with Gasteiger partial charge in [-0.05, 0) is 51.2 Å². The van der Waals surface area contributed by atoms with Gasteiger partial charge in [-0.15, -0.1) is 0 Å². The van der Waals surface area contributed by atoms with Crippen LogP contribution in [0.3, 0.4) is 0 Å². The molecule has 10 nitrogen and oxygen atoms in total. The number of aromatic nitrogens is 3. The van der Waals surface area contributed by atoms with Crippen molar-refractivity contribution in [3.63, 3.8) is 0 Å². The highest BCUT2D eigenvalue weighted by atomic mass is 16.5. The molecule has 3 fully saturated rings. The van der Waals surface area contributed by atoms with Crippen molar-refractivity contribution in [1.82, 2.24) is 15.0 Å². The summed E-state index contributed by atoms with van der Waals surface area (Å²) >= 11 is 0. The first-order valence-electron chi connectivity index (χ1n) is 13.7. The van der Waals surface area contributed by atoms with Gasteiger partial charge in [0.25, 0.3) is 0 Å². The summed E-state index contributed by atoms with van der Waals surface area (Å²) in [7, 11) is 0. The van der Waals surface area contributed by atoms with Gasteiger partial charge < -0.3 is 30.3 Å². The number of rotatable bonds is 2. The molecule has 0 aromatic carbocycles. The molecular weight excluding hydrogens is 468 g/mol. The quantitative estimate of drug-likeness (QED) is 0.627. The minimum Gasteiger partial charge on any atom is -0.391 e. The number of pyridine rings is 1. The molecule has 5 aliphatic rings. The molecule has 0 aliphatic carbocycles. The number of hydrogen-bond acceptors (Lipinski definition) is 10. The maximum atomic E-state index is 9.93. The largest absolute Gasteiger partial charge is 0.391 e. The van der Waals surface area contributed by atoms with E-state index in [9.17, 15) is 5.11 Å². The topological polar surface area (TPSA) is 116 Å². The molecule has 196 valence electrons. The molecule has 1 spiro atoms. The lowest BCUT2D eigenvalue weighted by molar-refractivity contribution is 0.0974. The van der Waals surface area contributed by atoms with Crippen LogP contribution in [0.1, 0.15) is 49.7 Å². The summed E-state index contributed by atoms with van der Waals surface area (Å²) in [6.07, 6.45) is 6.61. The van der Waals surface area contributed by atoms with Gasteiger partial charge in [-0.2, -0.15) is 0 Å². The number of β-amino-alcohol motifs (C(OH)–C–C–N with tert-alkyl or cyclic N) is 1. The Morgan fingerprint density at radius 2 is 1.89 bits per heavy atom. The van der Waals surface area contributed by atoms with E-state index in [1.165, 1.54) is 0 Å². The molecule has 0 radical (unpaired) electrons. The van der Waals surface area contributed by atoms with Crippen LogP contribution in [-0.4, -0.2) is 83.5 Å². The Morgan fingerprint density at radius 3 is 2.65 bits per heavy atom. The van der Waals surface area contributed by atoms with Gasteiger partial charge in [0.1, 0.15) is 17.3 Å². The number of aliphatic hydroxyl groups excluding tert-OH is 1. The molecule has 0 saturated carbocycles. The van der Waals surface area contributed by atoms with Crippen LogP contribution >= 0.6 is 0 Å². The van der Waals surface area contributed by atoms with Gasteiger partial charge in [-0.25, -0.2) is 15.0 Å². The third kappa shape index (κ3) is 3.88. The minimum absolute atomic E-state index is 0.0977. The fourth-order valence-corrected chi connectivity index (χ4v) is 6.74. The van der Waals surface area contributed by atoms with E-state index in [1.807, 2.05) is 6.20 Å². The molecule has 7 heterocycles. The maximum Gasteiger partial charge on any atom is 0.156 e. The predicted octanol–water partition coefficient (Wildman–Crippen LogP) is 1.49. The number of aliphatic imine (C=N–C) groups is 1. The molecule has 0 unspecified atom stereocenters. The number of anilines is 3. The Hall–Kier alpha value is -2.82. The van der Waals surface area contributed by atoms with Crippen LogP contribution in [0, 0.1) is 5.41 Å². The zero-order valence-corrected chi connectivity index (χ0v) is 21.5. The lowest BCUT2D eigenvalue weighted by atomic mass is 9.73. The zero-order valence-electron chi connectivity index (χ0n) is 21.5. The molecule has 0 amide bonds. The molecule has 3 atom stereocenters. The van der Waals surface area contributed by atoms with Crippen molar-refractivity contribution >= 4 is 23.2 Å². The minimum atomic E-state index is -0.258. The lowest BCUT2D eigenvalue weighted by Crippen LogP contribution is -2.50. The molecule has 0 bridgehead atoms. The fourth-order valence-electron chi connectivity index (χ4n) is 6.74. The maximum absolute atomic E-state index is 9.93. The second kappa shape index (κ2) is 8.89. The van der Waals surface area contributed by atoms with Crippen LogP contribution in [0.25, 0.3) is 0 Å². The van der Waals surface area contributed by atoms with E-state index in [0.29, 0.717) is 13.1 Å². The number of hydrogen-bond donors (Lipinski definition) is 2. The van der Waals surface area contributed by atoms with E-state index in [2.05, 4.69) is 33.8 Å². The second-order valence-corrected chi connectivity index (χ2v) is 11.3. The second-order valence-electron chi connectivity index (χ2n) is 11.3. The molecule has 10 heteroatoms. The molecule has 3 saturated heterocycles. The normalized spacial score (nSPS) is 28.6. The third-order valence-corrected chi connectivity index (χ3v) is 9.12. The van der Waals surface area contributed by atoms with Gasteiger partial charge in [0.2, 0.25) is 0 Å². The summed E-state index contributed by atoms with van der Waals surface area (Å²) in [6, 6.07) is 4.34. The van der Waals surface area contributed by atoms with Gasteiger partial charge >= 0.3 is 0 Å². The highest BCUT2D eigenvalue weighted by Crippen LogP contribution is 2.42. The average Bonchev–Trinajstić information content (AvgIpc) is 3.63. The first kappa shape index (κ1) is 23.3. The van der Waals surface area contributed by atoms with E-state index in [4.69, 9.17) is 30.4 Å². The molecule has 7 rings (SSSR count). The van der Waals surface area contributed by atoms with E-state index in [-0.39, 0.29) is 23.7 Å². The molecular formula is C27H36N8O2. The first-order valence-corrected chi connectivity index (χ1v) is 13.7. The van der Waals surface area contributed by atoms with Crippen LogP contribution in [-0.2, 0) is 17.7 Å². The summed E-state index contributed by atoms with van der Waals surface area (Å²) in [6.45, 7) is 7.67. The van der Waals surface area contributed by atoms with Crippen molar-refractivity contribution < 1.29 is 9.84 Å². The van der Waals surface area contributed by atoms with Gasteiger partial charge in [0.05, 0.1) is 48.6 Å². The number of piperidine rings is 1. The van der Waals surface area contributed by atoms with Crippen LogP contribution in [0.15, 0.2) is 23.3 Å². The van der Waals surface area contributed by atoms with Crippen LogP contribution in [0.5, 0.6) is 0 Å².